The molecule has 3 rings (SSSR count). The van der Waals surface area contributed by atoms with Crippen molar-refractivity contribution in [3.63, 3.8) is 0 Å². The summed E-state index contributed by atoms with van der Waals surface area (Å²) in [6.07, 6.45) is 1.63. The maximum atomic E-state index is 11.6. The van der Waals surface area contributed by atoms with Gasteiger partial charge in [0.25, 0.3) is 5.69 Å². The zero-order valence-corrected chi connectivity index (χ0v) is 13.6. The highest BCUT2D eigenvalue weighted by molar-refractivity contribution is 5.66. The molecule has 2 heterocycles. The third-order valence-electron chi connectivity index (χ3n) is 4.25. The van der Waals surface area contributed by atoms with Crippen LogP contribution in [0.5, 0.6) is 0 Å². The SMILES string of the molecule is [C-]#[N+]C1=C(C(C)C)Nc2[nH]ncc2C1c1cccc(C)c1[N+](=O)[O-]. The number of para-hydroxylation sites is 1. The van der Waals surface area contributed by atoms with Crippen LogP contribution < -0.4 is 5.32 Å². The largest absolute Gasteiger partial charge is 0.354 e. The Kier molecular flexibility index (Phi) is 3.81. The Morgan fingerprint density at radius 2 is 2.12 bits per heavy atom. The van der Waals surface area contributed by atoms with Crippen LogP contribution in [0.1, 0.15) is 36.5 Å². The van der Waals surface area contributed by atoms with Crippen molar-refractivity contribution in [2.24, 2.45) is 5.92 Å². The quantitative estimate of drug-likeness (QED) is 0.508. The van der Waals surface area contributed by atoms with Gasteiger partial charge in [-0.2, -0.15) is 5.10 Å². The Balaban J connectivity index is 2.32. The molecule has 122 valence electrons. The minimum absolute atomic E-state index is 0.0563. The second-order valence-electron chi connectivity index (χ2n) is 6.09. The van der Waals surface area contributed by atoms with Crippen molar-refractivity contribution in [1.82, 2.24) is 10.2 Å². The van der Waals surface area contributed by atoms with E-state index in [1.54, 1.807) is 31.3 Å². The number of nitrogens with zero attached hydrogens (tertiary/aromatic N) is 3. The first-order valence-corrected chi connectivity index (χ1v) is 7.61. The van der Waals surface area contributed by atoms with E-state index in [9.17, 15) is 10.1 Å². The molecule has 24 heavy (non-hydrogen) atoms. The Morgan fingerprint density at radius 1 is 1.38 bits per heavy atom. The molecule has 0 bridgehead atoms. The second-order valence-corrected chi connectivity index (χ2v) is 6.09. The molecule has 1 atom stereocenters. The summed E-state index contributed by atoms with van der Waals surface area (Å²) in [5, 5.41) is 21.8. The van der Waals surface area contributed by atoms with Crippen LogP contribution in [0.15, 0.2) is 35.8 Å². The number of aromatic nitrogens is 2. The summed E-state index contributed by atoms with van der Waals surface area (Å²) in [5.74, 6) is 0.263. The fourth-order valence-corrected chi connectivity index (χ4v) is 3.16. The van der Waals surface area contributed by atoms with Crippen molar-refractivity contribution >= 4 is 11.5 Å². The summed E-state index contributed by atoms with van der Waals surface area (Å²) >= 11 is 0. The van der Waals surface area contributed by atoms with Crippen LogP contribution in [0.25, 0.3) is 4.85 Å². The summed E-state index contributed by atoms with van der Waals surface area (Å²) < 4.78 is 0. The number of nitro groups is 1. The molecule has 0 amide bonds. The molecule has 7 nitrogen and oxygen atoms in total. The predicted octanol–water partition coefficient (Wildman–Crippen LogP) is 3.97. The van der Waals surface area contributed by atoms with Crippen LogP contribution in [0.4, 0.5) is 11.5 Å². The van der Waals surface area contributed by atoms with Gasteiger partial charge in [0.2, 0.25) is 0 Å². The first-order valence-electron chi connectivity index (χ1n) is 7.61. The van der Waals surface area contributed by atoms with Crippen molar-refractivity contribution in [3.8, 4) is 0 Å². The number of anilines is 1. The standard InChI is InChI=1S/C17H17N5O2/c1-9(2)14-15(18-4)13(12-8-19-21-17(12)20-14)11-7-5-6-10(3)16(11)22(23)24/h5-9,13H,1-3H3,(H2,19,20,21). The van der Waals surface area contributed by atoms with E-state index >= 15 is 0 Å². The van der Waals surface area contributed by atoms with E-state index in [1.165, 1.54) is 0 Å². The molecule has 1 aromatic heterocycles. The number of hydrogen-bond acceptors (Lipinski definition) is 4. The molecule has 0 aliphatic carbocycles. The minimum atomic E-state index is -0.504. The number of aryl methyl sites for hydroxylation is 1. The van der Waals surface area contributed by atoms with E-state index in [2.05, 4.69) is 20.4 Å². The predicted molar refractivity (Wildman–Crippen MR) is 90.4 cm³/mol. The molecule has 2 N–H and O–H groups in total. The van der Waals surface area contributed by atoms with E-state index in [0.29, 0.717) is 22.6 Å². The molecule has 2 aromatic rings. The number of hydrogen-bond donors (Lipinski definition) is 2. The number of benzene rings is 1. The number of aromatic amines is 1. The first kappa shape index (κ1) is 15.7. The normalized spacial score (nSPS) is 16.5. The van der Waals surface area contributed by atoms with Gasteiger partial charge in [0.1, 0.15) is 5.82 Å². The van der Waals surface area contributed by atoms with Crippen LogP contribution in [0.3, 0.4) is 0 Å². The van der Waals surface area contributed by atoms with Gasteiger partial charge < -0.3 is 5.32 Å². The summed E-state index contributed by atoms with van der Waals surface area (Å²) in [5.41, 5.74) is 3.15. The summed E-state index contributed by atoms with van der Waals surface area (Å²) in [4.78, 5) is 15.0. The fourth-order valence-electron chi connectivity index (χ4n) is 3.16. The fraction of sp³-hybridized carbons (Fsp3) is 0.294. The van der Waals surface area contributed by atoms with Crippen molar-refractivity contribution in [2.45, 2.75) is 26.7 Å². The van der Waals surface area contributed by atoms with Crippen molar-refractivity contribution < 1.29 is 4.92 Å². The molecule has 7 heteroatoms. The average molecular weight is 323 g/mol. The lowest BCUT2D eigenvalue weighted by atomic mass is 9.83. The lowest BCUT2D eigenvalue weighted by molar-refractivity contribution is -0.386. The Morgan fingerprint density at radius 3 is 2.75 bits per heavy atom. The molecule has 1 aliphatic rings. The van der Waals surface area contributed by atoms with E-state index in [1.807, 2.05) is 13.8 Å². The first-order chi connectivity index (χ1) is 11.5. The number of H-pyrrole nitrogens is 1. The van der Waals surface area contributed by atoms with Crippen LogP contribution in [-0.2, 0) is 0 Å². The van der Waals surface area contributed by atoms with Gasteiger partial charge in [-0.1, -0.05) is 32.0 Å². The van der Waals surface area contributed by atoms with E-state index < -0.39 is 5.92 Å². The lowest BCUT2D eigenvalue weighted by Crippen LogP contribution is -2.20. The average Bonchev–Trinajstić information content (AvgIpc) is 3.00. The highest BCUT2D eigenvalue weighted by atomic mass is 16.6. The van der Waals surface area contributed by atoms with Gasteiger partial charge in [-0.05, 0) is 12.8 Å². The van der Waals surface area contributed by atoms with E-state index in [0.717, 1.165) is 11.3 Å². The zero-order valence-electron chi connectivity index (χ0n) is 13.6. The van der Waals surface area contributed by atoms with Gasteiger partial charge in [-0.25, -0.2) is 4.85 Å². The second kappa shape index (κ2) is 5.81. The smallest absolute Gasteiger partial charge is 0.275 e. The zero-order chi connectivity index (χ0) is 17.4. The molecule has 0 saturated carbocycles. The van der Waals surface area contributed by atoms with Gasteiger partial charge in [0.05, 0.1) is 23.6 Å². The number of allylic oxidation sites excluding steroid dienone is 2. The van der Waals surface area contributed by atoms with Gasteiger partial charge >= 0.3 is 0 Å². The minimum Gasteiger partial charge on any atom is -0.354 e. The number of fused-ring (bicyclic) bond motifs is 1. The Bertz CT molecular complexity index is 889. The van der Waals surface area contributed by atoms with E-state index in [4.69, 9.17) is 6.57 Å². The molecule has 0 saturated heterocycles. The topological polar surface area (TPSA) is 88.2 Å². The van der Waals surface area contributed by atoms with Crippen molar-refractivity contribution in [1.29, 1.82) is 0 Å². The van der Waals surface area contributed by atoms with E-state index in [-0.39, 0.29) is 16.5 Å². The van der Waals surface area contributed by atoms with Gasteiger partial charge in [-0.15, -0.1) is 0 Å². The van der Waals surface area contributed by atoms with Gasteiger partial charge in [0.15, 0.2) is 5.70 Å². The highest BCUT2D eigenvalue weighted by Gasteiger charge is 2.36. The van der Waals surface area contributed by atoms with Crippen molar-refractivity contribution in [3.05, 3.63) is 74.0 Å². The Labute approximate surface area is 139 Å². The number of nitro benzene ring substituents is 1. The maximum Gasteiger partial charge on any atom is 0.275 e. The van der Waals surface area contributed by atoms with Crippen LogP contribution in [0.2, 0.25) is 0 Å². The highest BCUT2D eigenvalue weighted by Crippen LogP contribution is 2.46. The third-order valence-corrected chi connectivity index (χ3v) is 4.25. The molecular weight excluding hydrogens is 306 g/mol. The molecular formula is C17H17N5O2. The number of nitrogens with one attached hydrogen (secondary N) is 2. The third kappa shape index (κ3) is 2.33. The molecule has 0 fully saturated rings. The molecule has 1 aromatic carbocycles. The van der Waals surface area contributed by atoms with Crippen molar-refractivity contribution in [2.75, 3.05) is 5.32 Å². The van der Waals surface area contributed by atoms with Crippen LogP contribution in [-0.4, -0.2) is 15.1 Å². The molecule has 1 unspecified atom stereocenters. The number of rotatable bonds is 3. The molecule has 0 radical (unpaired) electrons. The monoisotopic (exact) mass is 323 g/mol. The molecule has 1 aliphatic heterocycles. The maximum absolute atomic E-state index is 11.6. The van der Waals surface area contributed by atoms with Crippen LogP contribution >= 0.6 is 0 Å². The lowest BCUT2D eigenvalue weighted by Gasteiger charge is -2.28. The van der Waals surface area contributed by atoms with Gasteiger partial charge in [0, 0.05) is 22.4 Å². The van der Waals surface area contributed by atoms with Gasteiger partial charge in [-0.3, -0.25) is 15.2 Å². The molecule has 0 spiro atoms. The summed E-state index contributed by atoms with van der Waals surface area (Å²) in [6.45, 7) is 13.3. The summed E-state index contributed by atoms with van der Waals surface area (Å²) in [6, 6.07) is 5.22. The Hall–Kier alpha value is -3.14. The summed E-state index contributed by atoms with van der Waals surface area (Å²) in [7, 11) is 0. The van der Waals surface area contributed by atoms with Crippen LogP contribution in [0, 0.1) is 29.5 Å².